The summed E-state index contributed by atoms with van der Waals surface area (Å²) in [6.07, 6.45) is -4.39. The van der Waals surface area contributed by atoms with E-state index in [1.807, 2.05) is 18.2 Å². The molecule has 1 aliphatic rings. The van der Waals surface area contributed by atoms with Crippen LogP contribution in [0.15, 0.2) is 42.5 Å². The zero-order valence-electron chi connectivity index (χ0n) is 20.5. The fourth-order valence-corrected chi connectivity index (χ4v) is 4.08. The zero-order chi connectivity index (χ0) is 26.1. The van der Waals surface area contributed by atoms with Crippen LogP contribution in [0.3, 0.4) is 0 Å². The molecule has 2 aromatic carbocycles. The number of anilines is 1. The normalized spacial score (nSPS) is 13.6. The molecule has 0 saturated carbocycles. The standard InChI is InChI=1S/C25H32F3N5O3/c1-3-30-24(35)36-33-13-11-20-18(17-33)8-6-10-22(20)31-15-23(34)32(14-12-29-2)16-19-7-4-5-9-21(19)25(26,27)28/h4-10,29,31H,3,11-17H2,1-2H3,(H,30,35). The summed E-state index contributed by atoms with van der Waals surface area (Å²) in [5.41, 5.74) is 2.08. The third kappa shape index (κ3) is 7.34. The number of hydrogen-bond acceptors (Lipinski definition) is 6. The number of hydroxylamine groups is 2. The van der Waals surface area contributed by atoms with Gasteiger partial charge in [-0.2, -0.15) is 13.2 Å². The lowest BCUT2D eigenvalue weighted by Crippen LogP contribution is -2.40. The van der Waals surface area contributed by atoms with Crippen molar-refractivity contribution in [1.82, 2.24) is 20.6 Å². The molecule has 1 heterocycles. The third-order valence-corrected chi connectivity index (χ3v) is 5.86. The van der Waals surface area contributed by atoms with Gasteiger partial charge >= 0.3 is 12.3 Å². The molecule has 1 aliphatic heterocycles. The molecule has 2 aromatic rings. The molecule has 0 atom stereocenters. The maximum Gasteiger partial charge on any atom is 0.426 e. The van der Waals surface area contributed by atoms with Gasteiger partial charge in [0.05, 0.1) is 18.7 Å². The quantitative estimate of drug-likeness (QED) is 0.457. The Balaban J connectivity index is 1.68. The summed E-state index contributed by atoms with van der Waals surface area (Å²) in [4.78, 5) is 31.5. The van der Waals surface area contributed by atoms with Crippen molar-refractivity contribution in [2.75, 3.05) is 45.1 Å². The van der Waals surface area contributed by atoms with Gasteiger partial charge in [0.2, 0.25) is 5.91 Å². The van der Waals surface area contributed by atoms with Gasteiger partial charge in [0, 0.05) is 38.4 Å². The number of hydrogen-bond donors (Lipinski definition) is 3. The van der Waals surface area contributed by atoms with Crippen LogP contribution in [-0.4, -0.2) is 61.7 Å². The molecule has 0 unspecified atom stereocenters. The van der Waals surface area contributed by atoms with Crippen LogP contribution in [0.5, 0.6) is 0 Å². The fourth-order valence-electron chi connectivity index (χ4n) is 4.08. The van der Waals surface area contributed by atoms with Gasteiger partial charge in [-0.25, -0.2) is 4.79 Å². The number of alkyl halides is 3. The van der Waals surface area contributed by atoms with Crippen LogP contribution in [0.2, 0.25) is 0 Å². The van der Waals surface area contributed by atoms with Crippen LogP contribution in [0, 0.1) is 0 Å². The van der Waals surface area contributed by atoms with Gasteiger partial charge in [-0.15, -0.1) is 5.06 Å². The van der Waals surface area contributed by atoms with Gasteiger partial charge in [-0.1, -0.05) is 30.3 Å². The molecule has 0 aromatic heterocycles. The van der Waals surface area contributed by atoms with Gasteiger partial charge in [0.15, 0.2) is 0 Å². The average Bonchev–Trinajstić information content (AvgIpc) is 2.84. The van der Waals surface area contributed by atoms with E-state index in [4.69, 9.17) is 4.84 Å². The first kappa shape index (κ1) is 27.3. The van der Waals surface area contributed by atoms with Crippen molar-refractivity contribution in [1.29, 1.82) is 0 Å². The van der Waals surface area contributed by atoms with Crippen molar-refractivity contribution in [3.05, 3.63) is 64.7 Å². The number of halogens is 3. The topological polar surface area (TPSA) is 85.9 Å². The van der Waals surface area contributed by atoms with Gasteiger partial charge in [-0.05, 0) is 49.2 Å². The molecule has 8 nitrogen and oxygen atoms in total. The average molecular weight is 508 g/mol. The van der Waals surface area contributed by atoms with Crippen LogP contribution in [0.4, 0.5) is 23.7 Å². The molecular weight excluding hydrogens is 475 g/mol. The number of nitrogens with one attached hydrogen (secondary N) is 3. The molecule has 0 aliphatic carbocycles. The number of likely N-dealkylation sites (N-methyl/N-ethyl adjacent to an activating group) is 1. The van der Waals surface area contributed by atoms with E-state index in [9.17, 15) is 22.8 Å². The number of fused-ring (bicyclic) bond motifs is 1. The molecule has 11 heteroatoms. The van der Waals surface area contributed by atoms with E-state index in [1.54, 1.807) is 25.1 Å². The molecule has 0 fully saturated rings. The molecule has 2 amide bonds. The SMILES string of the molecule is CCNC(=O)ON1CCc2c(cccc2NCC(=O)N(CCNC)Cc2ccccc2C(F)(F)F)C1. The molecule has 196 valence electrons. The molecule has 3 N–H and O–H groups in total. The summed E-state index contributed by atoms with van der Waals surface area (Å²) in [7, 11) is 1.72. The zero-order valence-corrected chi connectivity index (χ0v) is 20.5. The van der Waals surface area contributed by atoms with E-state index in [2.05, 4.69) is 16.0 Å². The maximum atomic E-state index is 13.5. The predicted molar refractivity (Wildman–Crippen MR) is 130 cm³/mol. The summed E-state index contributed by atoms with van der Waals surface area (Å²) in [6, 6.07) is 11.0. The van der Waals surface area contributed by atoms with Crippen LogP contribution >= 0.6 is 0 Å². The van der Waals surface area contributed by atoms with Crippen molar-refractivity contribution in [3.63, 3.8) is 0 Å². The van der Waals surface area contributed by atoms with E-state index in [0.29, 0.717) is 32.6 Å². The van der Waals surface area contributed by atoms with Gasteiger partial charge < -0.3 is 25.7 Å². The van der Waals surface area contributed by atoms with Gasteiger partial charge in [0.25, 0.3) is 0 Å². The van der Waals surface area contributed by atoms with Crippen molar-refractivity contribution in [3.8, 4) is 0 Å². The summed E-state index contributed by atoms with van der Waals surface area (Å²) < 4.78 is 40.4. The minimum absolute atomic E-state index is 0.0544. The van der Waals surface area contributed by atoms with E-state index < -0.39 is 17.8 Å². The number of amides is 2. The molecule has 36 heavy (non-hydrogen) atoms. The van der Waals surface area contributed by atoms with Crippen LogP contribution in [0.25, 0.3) is 0 Å². The highest BCUT2D eigenvalue weighted by molar-refractivity contribution is 5.81. The van der Waals surface area contributed by atoms with E-state index in [1.165, 1.54) is 17.0 Å². The Labute approximate surface area is 208 Å². The van der Waals surface area contributed by atoms with Gasteiger partial charge in [0.1, 0.15) is 0 Å². The monoisotopic (exact) mass is 507 g/mol. The summed E-state index contributed by atoms with van der Waals surface area (Å²) in [5, 5.41) is 10.3. The highest BCUT2D eigenvalue weighted by Gasteiger charge is 2.33. The first-order chi connectivity index (χ1) is 17.2. The van der Waals surface area contributed by atoms with Gasteiger partial charge in [-0.3, -0.25) is 4.79 Å². The van der Waals surface area contributed by atoms with Crippen molar-refractivity contribution < 1.29 is 27.6 Å². The Morgan fingerprint density at radius 3 is 2.64 bits per heavy atom. The first-order valence-electron chi connectivity index (χ1n) is 11.9. The third-order valence-electron chi connectivity index (χ3n) is 5.86. The van der Waals surface area contributed by atoms with Crippen LogP contribution in [0.1, 0.15) is 29.2 Å². The van der Waals surface area contributed by atoms with E-state index >= 15 is 0 Å². The minimum atomic E-state index is -4.50. The maximum absolute atomic E-state index is 13.5. The summed E-state index contributed by atoms with van der Waals surface area (Å²) in [6.45, 7) is 3.70. The summed E-state index contributed by atoms with van der Waals surface area (Å²) in [5.74, 6) is -0.308. The van der Waals surface area contributed by atoms with Crippen molar-refractivity contribution in [2.24, 2.45) is 0 Å². The highest BCUT2D eigenvalue weighted by atomic mass is 19.4. The summed E-state index contributed by atoms with van der Waals surface area (Å²) >= 11 is 0. The second kappa shape index (κ2) is 12.6. The Hall–Kier alpha value is -3.31. The Morgan fingerprint density at radius 1 is 1.14 bits per heavy atom. The predicted octanol–water partition coefficient (Wildman–Crippen LogP) is 3.38. The Morgan fingerprint density at radius 2 is 1.92 bits per heavy atom. The minimum Gasteiger partial charge on any atom is -0.376 e. The molecule has 0 bridgehead atoms. The number of nitrogens with zero attached hydrogens (tertiary/aromatic N) is 2. The smallest absolute Gasteiger partial charge is 0.376 e. The molecule has 3 rings (SSSR count). The lowest BCUT2D eigenvalue weighted by atomic mass is 9.99. The van der Waals surface area contributed by atoms with Crippen molar-refractivity contribution >= 4 is 17.7 Å². The molecule has 0 radical (unpaired) electrons. The highest BCUT2D eigenvalue weighted by Crippen LogP contribution is 2.32. The lowest BCUT2D eigenvalue weighted by Gasteiger charge is -2.29. The largest absolute Gasteiger partial charge is 0.426 e. The van der Waals surface area contributed by atoms with Crippen molar-refractivity contribution in [2.45, 2.75) is 32.6 Å². The number of rotatable bonds is 10. The number of carbonyl (C=O) groups excluding carboxylic acids is 2. The first-order valence-corrected chi connectivity index (χ1v) is 11.9. The van der Waals surface area contributed by atoms with Crippen LogP contribution < -0.4 is 16.0 Å². The Bertz CT molecular complexity index is 1050. The molecule has 0 spiro atoms. The molecule has 0 saturated heterocycles. The van der Waals surface area contributed by atoms with E-state index in [-0.39, 0.29) is 31.1 Å². The molecular formula is C25H32F3N5O3. The fraction of sp³-hybridized carbons (Fsp3) is 0.440. The lowest BCUT2D eigenvalue weighted by molar-refractivity contribution is -0.139. The Kier molecular flexibility index (Phi) is 9.54. The second-order valence-corrected chi connectivity index (χ2v) is 8.39. The second-order valence-electron chi connectivity index (χ2n) is 8.39. The van der Waals surface area contributed by atoms with Crippen LogP contribution in [-0.2, 0) is 35.3 Å². The number of benzene rings is 2. The number of carbonyl (C=O) groups is 2. The van der Waals surface area contributed by atoms with E-state index in [0.717, 1.165) is 22.9 Å².